The quantitative estimate of drug-likeness (QED) is 0.841. The summed E-state index contributed by atoms with van der Waals surface area (Å²) in [5.74, 6) is -2.87. The highest BCUT2D eigenvalue weighted by molar-refractivity contribution is 5.72. The van der Waals surface area contributed by atoms with Crippen molar-refractivity contribution in [1.29, 1.82) is 0 Å². The highest BCUT2D eigenvalue weighted by Gasteiger charge is 2.35. The predicted molar refractivity (Wildman–Crippen MR) is 99.4 cm³/mol. The van der Waals surface area contributed by atoms with Crippen LogP contribution in [0.15, 0.2) is 18.3 Å². The van der Waals surface area contributed by atoms with E-state index in [1.165, 1.54) is 20.3 Å². The van der Waals surface area contributed by atoms with Gasteiger partial charge in [0.05, 0.1) is 18.3 Å². The van der Waals surface area contributed by atoms with Crippen LogP contribution in [-0.2, 0) is 6.42 Å². The average molecular weight is 362 g/mol. The second kappa shape index (κ2) is 6.40. The number of nitrogens with zero attached hydrogens (tertiary/aromatic N) is 2. The molecule has 136 valence electrons. The minimum atomic E-state index is -2.75. The smallest absolute Gasteiger partial charge is 0.221 e. The third-order valence-electron chi connectivity index (χ3n) is 4.00. The van der Waals surface area contributed by atoms with Gasteiger partial charge in [0.1, 0.15) is 11.9 Å². The highest BCUT2D eigenvalue weighted by atomic mass is 16.5. The van der Waals surface area contributed by atoms with E-state index in [4.69, 9.17) is 36.6 Å². The summed E-state index contributed by atoms with van der Waals surface area (Å²) in [6.07, 6.45) is -7.25. The molecule has 1 aliphatic heterocycles. The van der Waals surface area contributed by atoms with Gasteiger partial charge in [-0.3, -0.25) is 0 Å². The van der Waals surface area contributed by atoms with E-state index in [0.29, 0.717) is 5.56 Å². The molecule has 4 rings (SSSR count). The van der Waals surface area contributed by atoms with Crippen LogP contribution in [0.4, 0.5) is 11.8 Å². The fourth-order valence-corrected chi connectivity index (χ4v) is 2.69. The number of fused-ring (bicyclic) bond motifs is 1. The molecular weight excluding hydrogens is 332 g/mol. The van der Waals surface area contributed by atoms with Crippen LogP contribution in [0.5, 0.6) is 17.2 Å². The molecule has 1 fully saturated rings. The Balaban J connectivity index is 1.92. The van der Waals surface area contributed by atoms with Gasteiger partial charge in [-0.15, -0.1) is 0 Å². The maximum absolute atomic E-state index is 8.74. The Hall–Kier alpha value is -2.96. The molecule has 1 atom stereocenters. The average Bonchev–Trinajstić information content (AvgIpc) is 3.08. The summed E-state index contributed by atoms with van der Waals surface area (Å²) in [6.45, 7) is 0. The first kappa shape index (κ1) is 9.66. The van der Waals surface area contributed by atoms with Crippen molar-refractivity contribution < 1.29 is 25.2 Å². The van der Waals surface area contributed by atoms with Crippen LogP contribution < -0.4 is 25.7 Å². The standard InChI is InChI=1S/C19H22N4O3/c1-24-15-8-11(7-12-9-22-19(21)23-18(12)20)13-5-6-14(10-3-4-10)26-16(13)17(15)25-2/h5-6,8-10,14H,3-4,7H2,1-2H3,(H4,20,21,22,23)/i3D2,4D2,6D,9D,10D,14D. The summed E-state index contributed by atoms with van der Waals surface area (Å²) in [6, 6.07) is 0.935. The number of nitrogens with two attached hydrogens (primary N) is 2. The Morgan fingerprint density at radius 2 is 2.15 bits per heavy atom. The van der Waals surface area contributed by atoms with E-state index in [0.717, 1.165) is 0 Å². The minimum Gasteiger partial charge on any atom is -0.493 e. The fraction of sp³-hybridized carbons (Fsp3) is 0.368. The number of benzene rings is 1. The van der Waals surface area contributed by atoms with Crippen LogP contribution in [-0.4, -0.2) is 30.3 Å². The van der Waals surface area contributed by atoms with Crippen molar-refractivity contribution in [3.8, 4) is 17.2 Å². The van der Waals surface area contributed by atoms with Crippen molar-refractivity contribution >= 4 is 17.8 Å². The van der Waals surface area contributed by atoms with Crippen LogP contribution in [0.1, 0.15) is 40.4 Å². The number of methoxy groups -OCH3 is 2. The lowest BCUT2D eigenvalue weighted by Gasteiger charge is -2.26. The lowest BCUT2D eigenvalue weighted by atomic mass is 9.96. The van der Waals surface area contributed by atoms with Crippen molar-refractivity contribution in [2.45, 2.75) is 25.2 Å². The topological polar surface area (TPSA) is 106 Å². The summed E-state index contributed by atoms with van der Waals surface area (Å²) in [4.78, 5) is 7.68. The normalized spacial score (nSPS) is 30.9. The van der Waals surface area contributed by atoms with E-state index < -0.39 is 30.8 Å². The van der Waals surface area contributed by atoms with Gasteiger partial charge in [0.2, 0.25) is 11.7 Å². The molecule has 4 N–H and O–H groups in total. The van der Waals surface area contributed by atoms with Gasteiger partial charge in [0, 0.05) is 30.6 Å². The number of hydrogen-bond acceptors (Lipinski definition) is 7. The minimum absolute atomic E-state index is 0.0135. The number of aromatic nitrogens is 2. The van der Waals surface area contributed by atoms with Crippen molar-refractivity contribution in [3.05, 3.63) is 35.0 Å². The van der Waals surface area contributed by atoms with E-state index in [9.17, 15) is 0 Å². The molecule has 26 heavy (non-hydrogen) atoms. The Morgan fingerprint density at radius 3 is 2.81 bits per heavy atom. The van der Waals surface area contributed by atoms with Gasteiger partial charge >= 0.3 is 0 Å². The lowest BCUT2D eigenvalue weighted by Crippen LogP contribution is -2.20. The third kappa shape index (κ3) is 2.89. The third-order valence-corrected chi connectivity index (χ3v) is 4.00. The van der Waals surface area contributed by atoms with Gasteiger partial charge in [-0.25, -0.2) is 4.98 Å². The second-order valence-electron chi connectivity index (χ2n) is 5.59. The Kier molecular flexibility index (Phi) is 2.38. The SMILES string of the molecule is [2H]C1=Cc2c(Cc3c([2H])nc(N)nc3N)cc(OC)c(OC)c2OC1([2H])C1([2H])C([2H])([2H])C1([2H])[2H]. The van der Waals surface area contributed by atoms with Crippen molar-refractivity contribution in [2.75, 3.05) is 25.7 Å². The second-order valence-corrected chi connectivity index (χ2v) is 5.59. The molecule has 2 aliphatic rings. The van der Waals surface area contributed by atoms with E-state index >= 15 is 0 Å². The number of rotatable bonds is 5. The molecule has 0 bridgehead atoms. The molecule has 1 aromatic heterocycles. The molecule has 1 saturated carbocycles. The monoisotopic (exact) mass is 362 g/mol. The molecule has 0 amide bonds. The maximum atomic E-state index is 8.74. The van der Waals surface area contributed by atoms with Crippen molar-refractivity contribution in [1.82, 2.24) is 9.97 Å². The molecule has 1 aliphatic carbocycles. The molecule has 7 nitrogen and oxygen atoms in total. The summed E-state index contributed by atoms with van der Waals surface area (Å²) in [7, 11) is 2.67. The molecule has 0 spiro atoms. The fourth-order valence-electron chi connectivity index (χ4n) is 2.69. The summed E-state index contributed by atoms with van der Waals surface area (Å²) in [5.41, 5.74) is 12.4. The van der Waals surface area contributed by atoms with Crippen LogP contribution in [0, 0.1) is 5.89 Å². The van der Waals surface area contributed by atoms with Gasteiger partial charge in [0.25, 0.3) is 0 Å². The van der Waals surface area contributed by atoms with Crippen LogP contribution in [0.2, 0.25) is 0 Å². The zero-order chi connectivity index (χ0) is 25.4. The van der Waals surface area contributed by atoms with Gasteiger partial charge in [0.15, 0.2) is 11.5 Å². The molecule has 1 aromatic carbocycles. The Bertz CT molecular complexity index is 1200. The van der Waals surface area contributed by atoms with Crippen LogP contribution >= 0.6 is 0 Å². The largest absolute Gasteiger partial charge is 0.493 e. The zero-order valence-corrected chi connectivity index (χ0v) is 14.1. The maximum Gasteiger partial charge on any atom is 0.221 e. The number of nitrogen functional groups attached to an aromatic ring is 2. The van der Waals surface area contributed by atoms with Gasteiger partial charge < -0.3 is 25.7 Å². The van der Waals surface area contributed by atoms with E-state index in [-0.39, 0.29) is 52.7 Å². The van der Waals surface area contributed by atoms with Crippen molar-refractivity contribution in [3.63, 3.8) is 0 Å². The van der Waals surface area contributed by atoms with E-state index in [1.807, 2.05) is 0 Å². The molecule has 1 unspecified atom stereocenters. The predicted octanol–water partition coefficient (Wildman–Crippen LogP) is 2.43. The van der Waals surface area contributed by atoms with Gasteiger partial charge in [-0.05, 0) is 36.3 Å². The first-order valence-electron chi connectivity index (χ1n) is 11.7. The van der Waals surface area contributed by atoms with Gasteiger partial charge in [-0.1, -0.05) is 6.08 Å². The zero-order valence-electron chi connectivity index (χ0n) is 22.1. The Morgan fingerprint density at radius 1 is 1.35 bits per heavy atom. The molecule has 7 heteroatoms. The highest BCUT2D eigenvalue weighted by Crippen LogP contribution is 2.48. The number of anilines is 2. The number of ether oxygens (including phenoxy) is 3. The molecule has 0 radical (unpaired) electrons. The summed E-state index contributed by atoms with van der Waals surface area (Å²) >= 11 is 0. The van der Waals surface area contributed by atoms with E-state index in [2.05, 4.69) is 9.97 Å². The first-order valence-corrected chi connectivity index (χ1v) is 7.72. The summed E-state index contributed by atoms with van der Waals surface area (Å²) < 4.78 is 82.1. The van der Waals surface area contributed by atoms with Crippen LogP contribution in [0.25, 0.3) is 6.08 Å². The van der Waals surface area contributed by atoms with Crippen molar-refractivity contribution in [2.24, 2.45) is 5.89 Å². The molecule has 0 saturated heterocycles. The molecule has 2 heterocycles. The number of hydrogen-bond donors (Lipinski definition) is 2. The lowest BCUT2D eigenvalue weighted by molar-refractivity contribution is 0.209. The first-order chi connectivity index (χ1) is 15.7. The van der Waals surface area contributed by atoms with Gasteiger partial charge in [-0.2, -0.15) is 4.98 Å². The Labute approximate surface area is 163 Å². The van der Waals surface area contributed by atoms with E-state index in [1.54, 1.807) is 6.07 Å². The van der Waals surface area contributed by atoms with Crippen LogP contribution in [0.3, 0.4) is 0 Å². The molecular formula is C19H22N4O3. The summed E-state index contributed by atoms with van der Waals surface area (Å²) in [5, 5.41) is 0. The molecule has 2 aromatic rings.